The maximum atomic E-state index is 12.7. The number of halogens is 2. The number of fused-ring (bicyclic) bond motifs is 1. The Morgan fingerprint density at radius 2 is 1.69 bits per heavy atom. The van der Waals surface area contributed by atoms with Crippen molar-refractivity contribution in [1.29, 1.82) is 0 Å². The van der Waals surface area contributed by atoms with E-state index in [4.69, 9.17) is 32.7 Å². The first-order valence-electron chi connectivity index (χ1n) is 9.07. The third-order valence-corrected chi connectivity index (χ3v) is 5.40. The van der Waals surface area contributed by atoms with Crippen molar-refractivity contribution in [2.75, 3.05) is 12.4 Å². The van der Waals surface area contributed by atoms with Gasteiger partial charge >= 0.3 is 0 Å². The number of hydrogen-bond acceptors (Lipinski definition) is 4. The average Bonchev–Trinajstić information content (AvgIpc) is 3.13. The molecule has 0 aliphatic heterocycles. The van der Waals surface area contributed by atoms with E-state index in [1.54, 1.807) is 25.3 Å². The van der Waals surface area contributed by atoms with Crippen molar-refractivity contribution < 1.29 is 14.3 Å². The van der Waals surface area contributed by atoms with Crippen LogP contribution < -0.4 is 14.8 Å². The van der Waals surface area contributed by atoms with Gasteiger partial charge in [-0.25, -0.2) is 0 Å². The SMILES string of the molecule is COc1ccc(C(=O)Nc2c(Cl)cncc2Cl)cc1OC1Cc2ccccc2C1. The molecule has 148 valence electrons. The average molecular weight is 429 g/mol. The Morgan fingerprint density at radius 3 is 2.31 bits per heavy atom. The fourth-order valence-corrected chi connectivity index (χ4v) is 3.87. The molecular weight excluding hydrogens is 411 g/mol. The number of carbonyl (C=O) groups excluding carboxylic acids is 1. The third kappa shape index (κ3) is 4.16. The summed E-state index contributed by atoms with van der Waals surface area (Å²) in [5.41, 5.74) is 3.29. The summed E-state index contributed by atoms with van der Waals surface area (Å²) in [7, 11) is 1.57. The lowest BCUT2D eigenvalue weighted by Gasteiger charge is -2.17. The Hall–Kier alpha value is -2.76. The highest BCUT2D eigenvalue weighted by Crippen LogP contribution is 2.34. The highest BCUT2D eigenvalue weighted by atomic mass is 35.5. The van der Waals surface area contributed by atoms with Crippen LogP contribution in [0.25, 0.3) is 0 Å². The van der Waals surface area contributed by atoms with Gasteiger partial charge in [0.1, 0.15) is 6.10 Å². The Labute approximate surface area is 178 Å². The van der Waals surface area contributed by atoms with Crippen molar-refractivity contribution >= 4 is 34.8 Å². The molecule has 2 aromatic carbocycles. The number of benzene rings is 2. The van der Waals surface area contributed by atoms with E-state index in [9.17, 15) is 4.79 Å². The molecule has 3 aromatic rings. The Kier molecular flexibility index (Phi) is 5.60. The molecule has 7 heteroatoms. The molecule has 0 saturated heterocycles. The summed E-state index contributed by atoms with van der Waals surface area (Å²) in [5, 5.41) is 3.26. The van der Waals surface area contributed by atoms with Gasteiger partial charge in [-0.3, -0.25) is 9.78 Å². The van der Waals surface area contributed by atoms with E-state index < -0.39 is 0 Å². The Bertz CT molecular complexity index is 1030. The molecule has 0 bridgehead atoms. The van der Waals surface area contributed by atoms with Crippen molar-refractivity contribution in [3.05, 3.63) is 81.6 Å². The molecule has 0 saturated carbocycles. The van der Waals surface area contributed by atoms with Gasteiger partial charge in [-0.1, -0.05) is 47.5 Å². The van der Waals surface area contributed by atoms with Crippen molar-refractivity contribution in [2.45, 2.75) is 18.9 Å². The fraction of sp³-hybridized carbons (Fsp3) is 0.182. The van der Waals surface area contributed by atoms with Crippen molar-refractivity contribution in [2.24, 2.45) is 0 Å². The second-order valence-corrected chi connectivity index (χ2v) is 7.53. The van der Waals surface area contributed by atoms with Crippen molar-refractivity contribution in [1.82, 2.24) is 4.98 Å². The van der Waals surface area contributed by atoms with Gasteiger partial charge in [0.2, 0.25) is 0 Å². The summed E-state index contributed by atoms with van der Waals surface area (Å²) in [6.07, 6.45) is 4.46. The summed E-state index contributed by atoms with van der Waals surface area (Å²) in [4.78, 5) is 16.6. The van der Waals surface area contributed by atoms with Crippen LogP contribution in [0, 0.1) is 0 Å². The zero-order valence-corrected chi connectivity index (χ0v) is 17.1. The first kappa shape index (κ1) is 19.6. The summed E-state index contributed by atoms with van der Waals surface area (Å²) in [6, 6.07) is 13.3. The lowest BCUT2D eigenvalue weighted by molar-refractivity contribution is 0.102. The predicted molar refractivity (Wildman–Crippen MR) is 113 cm³/mol. The molecule has 0 atom stereocenters. The highest BCUT2D eigenvalue weighted by molar-refractivity contribution is 6.39. The number of amides is 1. The number of nitrogens with zero attached hydrogens (tertiary/aromatic N) is 1. The van der Waals surface area contributed by atoms with E-state index in [0.29, 0.717) is 22.7 Å². The number of hydrogen-bond donors (Lipinski definition) is 1. The lowest BCUT2D eigenvalue weighted by atomic mass is 10.1. The second-order valence-electron chi connectivity index (χ2n) is 6.71. The molecular formula is C22H18Cl2N2O3. The van der Waals surface area contributed by atoms with Crippen LogP contribution in [-0.2, 0) is 12.8 Å². The van der Waals surface area contributed by atoms with Crippen LogP contribution >= 0.6 is 23.2 Å². The molecule has 1 N–H and O–H groups in total. The maximum absolute atomic E-state index is 12.7. The normalized spacial score (nSPS) is 13.1. The maximum Gasteiger partial charge on any atom is 0.255 e. The predicted octanol–water partition coefficient (Wildman–Crippen LogP) is 5.20. The minimum absolute atomic E-state index is 0.0105. The number of rotatable bonds is 5. The molecule has 1 aromatic heterocycles. The minimum Gasteiger partial charge on any atom is -0.493 e. The van der Waals surface area contributed by atoms with E-state index in [1.807, 2.05) is 12.1 Å². The minimum atomic E-state index is -0.359. The van der Waals surface area contributed by atoms with E-state index in [1.165, 1.54) is 23.5 Å². The lowest BCUT2D eigenvalue weighted by Crippen LogP contribution is -2.18. The molecule has 1 aliphatic rings. The third-order valence-electron chi connectivity index (χ3n) is 4.82. The molecule has 29 heavy (non-hydrogen) atoms. The number of methoxy groups -OCH3 is 1. The van der Waals surface area contributed by atoms with Gasteiger partial charge in [0.25, 0.3) is 5.91 Å². The van der Waals surface area contributed by atoms with Gasteiger partial charge < -0.3 is 14.8 Å². The molecule has 5 nitrogen and oxygen atoms in total. The molecule has 1 aliphatic carbocycles. The van der Waals surface area contributed by atoms with E-state index in [2.05, 4.69) is 22.4 Å². The van der Waals surface area contributed by atoms with Gasteiger partial charge in [-0.05, 0) is 29.3 Å². The molecule has 0 fully saturated rings. The fourth-order valence-electron chi connectivity index (χ4n) is 3.41. The number of pyridine rings is 1. The smallest absolute Gasteiger partial charge is 0.255 e. The van der Waals surface area contributed by atoms with Gasteiger partial charge in [0.05, 0.1) is 22.8 Å². The van der Waals surface area contributed by atoms with Crippen LogP contribution in [0.4, 0.5) is 5.69 Å². The monoisotopic (exact) mass is 428 g/mol. The zero-order chi connectivity index (χ0) is 20.4. The highest BCUT2D eigenvalue weighted by Gasteiger charge is 2.24. The first-order chi connectivity index (χ1) is 14.0. The summed E-state index contributed by atoms with van der Waals surface area (Å²) in [5.74, 6) is 0.726. The molecule has 0 radical (unpaired) electrons. The number of anilines is 1. The molecule has 0 spiro atoms. The van der Waals surface area contributed by atoms with Crippen LogP contribution in [0.2, 0.25) is 10.0 Å². The largest absolute Gasteiger partial charge is 0.493 e. The Morgan fingerprint density at radius 1 is 1.03 bits per heavy atom. The second kappa shape index (κ2) is 8.31. The van der Waals surface area contributed by atoms with E-state index >= 15 is 0 Å². The quantitative estimate of drug-likeness (QED) is 0.606. The molecule has 1 heterocycles. The van der Waals surface area contributed by atoms with Crippen LogP contribution in [0.3, 0.4) is 0 Å². The van der Waals surface area contributed by atoms with Crippen LogP contribution in [0.5, 0.6) is 11.5 Å². The van der Waals surface area contributed by atoms with E-state index in [0.717, 1.165) is 12.8 Å². The van der Waals surface area contributed by atoms with Crippen LogP contribution in [0.15, 0.2) is 54.9 Å². The number of ether oxygens (including phenoxy) is 2. The van der Waals surface area contributed by atoms with E-state index in [-0.39, 0.29) is 22.1 Å². The number of carbonyl (C=O) groups is 1. The summed E-state index contributed by atoms with van der Waals surface area (Å²) >= 11 is 12.2. The number of nitrogens with one attached hydrogen (secondary N) is 1. The van der Waals surface area contributed by atoms with Crippen molar-refractivity contribution in [3.8, 4) is 11.5 Å². The van der Waals surface area contributed by atoms with Crippen LogP contribution in [-0.4, -0.2) is 24.1 Å². The van der Waals surface area contributed by atoms with Crippen LogP contribution in [0.1, 0.15) is 21.5 Å². The standard InChI is InChI=1S/C22H18Cl2N2O3/c1-28-19-7-6-15(22(27)26-21-17(23)11-25-12-18(21)24)10-20(19)29-16-8-13-4-2-3-5-14(13)9-16/h2-7,10-12,16H,8-9H2,1H3,(H,25,26,27). The summed E-state index contributed by atoms with van der Waals surface area (Å²) < 4.78 is 11.6. The first-order valence-corrected chi connectivity index (χ1v) is 9.82. The van der Waals surface area contributed by atoms with Gasteiger partial charge in [0, 0.05) is 30.8 Å². The van der Waals surface area contributed by atoms with Gasteiger partial charge in [-0.15, -0.1) is 0 Å². The summed E-state index contributed by atoms with van der Waals surface area (Å²) in [6.45, 7) is 0. The molecule has 4 rings (SSSR count). The topological polar surface area (TPSA) is 60.5 Å². The van der Waals surface area contributed by atoms with Gasteiger partial charge in [-0.2, -0.15) is 0 Å². The number of aromatic nitrogens is 1. The van der Waals surface area contributed by atoms with Crippen molar-refractivity contribution in [3.63, 3.8) is 0 Å². The molecule has 0 unspecified atom stereocenters. The van der Waals surface area contributed by atoms with Gasteiger partial charge in [0.15, 0.2) is 11.5 Å². The molecule has 1 amide bonds. The Balaban J connectivity index is 1.55. The zero-order valence-electron chi connectivity index (χ0n) is 15.6.